The van der Waals surface area contributed by atoms with Gasteiger partial charge >= 0.3 is 5.97 Å². The number of aliphatic hydroxyl groups excluding tert-OH is 1. The van der Waals surface area contributed by atoms with E-state index in [0.29, 0.717) is 5.92 Å². The van der Waals surface area contributed by atoms with Crippen LogP contribution in [0.2, 0.25) is 0 Å². The monoisotopic (exact) mass is 302 g/mol. The molecule has 5 nitrogen and oxygen atoms in total. The van der Waals surface area contributed by atoms with Crippen LogP contribution in [0, 0.1) is 11.8 Å². The topological polar surface area (TPSA) is 65.0 Å². The van der Waals surface area contributed by atoms with Crippen LogP contribution < -0.4 is 0 Å². The van der Waals surface area contributed by atoms with E-state index in [4.69, 9.17) is 9.47 Å². The molecule has 0 aromatic heterocycles. The van der Waals surface area contributed by atoms with Gasteiger partial charge in [0.2, 0.25) is 0 Å². The molecule has 0 bridgehead atoms. The smallest absolute Gasteiger partial charge is 0.308 e. The number of hydrogen-bond donors (Lipinski definition) is 1. The van der Waals surface area contributed by atoms with Crippen LogP contribution in [0.5, 0.6) is 0 Å². The molecule has 1 rings (SSSR count). The maximum absolute atomic E-state index is 11.3. The number of hydrogen-bond acceptors (Lipinski definition) is 5. The lowest BCUT2D eigenvalue weighted by Crippen LogP contribution is -2.34. The summed E-state index contributed by atoms with van der Waals surface area (Å²) in [5, 5.41) is 10.2. The number of methoxy groups -OCH3 is 2. The largest absolute Gasteiger partial charge is 0.469 e. The molecule has 0 amide bonds. The van der Waals surface area contributed by atoms with E-state index in [0.717, 1.165) is 25.7 Å². The number of carbonyl (C=O) groups is 1. The van der Waals surface area contributed by atoms with Gasteiger partial charge in [0.05, 0.1) is 25.2 Å². The van der Waals surface area contributed by atoms with Crippen molar-refractivity contribution in [2.75, 3.05) is 14.2 Å². The van der Waals surface area contributed by atoms with Crippen LogP contribution in [-0.4, -0.2) is 43.3 Å². The molecule has 0 aromatic carbocycles. The number of ether oxygens (including phenoxy) is 3. The minimum atomic E-state index is -0.690. The summed E-state index contributed by atoms with van der Waals surface area (Å²) in [5.41, 5.74) is -0.306. The van der Waals surface area contributed by atoms with E-state index >= 15 is 0 Å². The van der Waals surface area contributed by atoms with Crippen LogP contribution in [-0.2, 0) is 19.0 Å². The second-order valence-corrected chi connectivity index (χ2v) is 6.26. The maximum atomic E-state index is 11.3. The first kappa shape index (κ1) is 18.4. The van der Waals surface area contributed by atoms with Crippen LogP contribution in [0.15, 0.2) is 0 Å². The third-order valence-corrected chi connectivity index (χ3v) is 4.60. The van der Waals surface area contributed by atoms with Crippen molar-refractivity contribution >= 4 is 5.97 Å². The Balaban J connectivity index is 2.65. The summed E-state index contributed by atoms with van der Waals surface area (Å²) in [7, 11) is 3.01. The van der Waals surface area contributed by atoms with Gasteiger partial charge in [-0.05, 0) is 32.1 Å². The van der Waals surface area contributed by atoms with Gasteiger partial charge in [0.1, 0.15) is 0 Å². The molecule has 0 saturated carbocycles. The molecule has 5 atom stereocenters. The molecule has 0 aliphatic carbocycles. The van der Waals surface area contributed by atoms with E-state index in [2.05, 4.69) is 18.6 Å². The third-order valence-electron chi connectivity index (χ3n) is 4.60. The average Bonchev–Trinajstić information content (AvgIpc) is 2.81. The van der Waals surface area contributed by atoms with Crippen molar-refractivity contribution in [3.8, 4) is 0 Å². The highest BCUT2D eigenvalue weighted by molar-refractivity contribution is 5.69. The van der Waals surface area contributed by atoms with Crippen LogP contribution in [0.4, 0.5) is 0 Å². The Morgan fingerprint density at radius 3 is 2.52 bits per heavy atom. The van der Waals surface area contributed by atoms with Crippen molar-refractivity contribution in [1.29, 1.82) is 0 Å². The maximum Gasteiger partial charge on any atom is 0.308 e. The Kier molecular flexibility index (Phi) is 7.10. The standard InChI is InChI=1S/C16H30O5/c1-6-11(13(17)8-14(18)19-4)9-16(3)10-12(7-2)15(20-5)21-16/h11-13,15,17H,6-10H2,1-5H3/t11-,12-,13-,15+,16-/m1/s1. The highest BCUT2D eigenvalue weighted by Gasteiger charge is 2.44. The predicted molar refractivity (Wildman–Crippen MR) is 79.7 cm³/mol. The summed E-state index contributed by atoms with van der Waals surface area (Å²) in [5.74, 6) is 0.0251. The van der Waals surface area contributed by atoms with Gasteiger partial charge in [0.15, 0.2) is 6.29 Å². The summed E-state index contributed by atoms with van der Waals surface area (Å²) in [6.07, 6.45) is 2.62. The summed E-state index contributed by atoms with van der Waals surface area (Å²) < 4.78 is 16.1. The lowest BCUT2D eigenvalue weighted by Gasteiger charge is -2.31. The molecule has 5 heteroatoms. The highest BCUT2D eigenvalue weighted by atomic mass is 16.7. The number of carbonyl (C=O) groups excluding carboxylic acids is 1. The van der Waals surface area contributed by atoms with Crippen LogP contribution in [0.1, 0.15) is 52.9 Å². The molecule has 1 fully saturated rings. The number of esters is 1. The van der Waals surface area contributed by atoms with Gasteiger partial charge < -0.3 is 19.3 Å². The first-order chi connectivity index (χ1) is 9.88. The normalized spacial score (nSPS) is 31.9. The van der Waals surface area contributed by atoms with Gasteiger partial charge in [-0.3, -0.25) is 4.79 Å². The molecule has 0 aromatic rings. The first-order valence-electron chi connectivity index (χ1n) is 7.84. The lowest BCUT2D eigenvalue weighted by molar-refractivity contribution is -0.169. The van der Waals surface area contributed by atoms with Crippen molar-refractivity contribution in [1.82, 2.24) is 0 Å². The zero-order valence-corrected chi connectivity index (χ0v) is 13.9. The van der Waals surface area contributed by atoms with Crippen LogP contribution >= 0.6 is 0 Å². The third kappa shape index (κ3) is 4.94. The molecule has 0 radical (unpaired) electrons. The quantitative estimate of drug-likeness (QED) is 0.698. The number of rotatable bonds is 8. The molecule has 1 aliphatic heterocycles. The van der Waals surface area contributed by atoms with Gasteiger partial charge in [0.25, 0.3) is 0 Å². The summed E-state index contributed by atoms with van der Waals surface area (Å²) in [4.78, 5) is 11.3. The fourth-order valence-corrected chi connectivity index (χ4v) is 3.31. The Bertz CT molecular complexity index is 319. The van der Waals surface area contributed by atoms with Crippen molar-refractivity contribution in [2.24, 2.45) is 11.8 Å². The van der Waals surface area contributed by atoms with E-state index in [9.17, 15) is 9.90 Å². The zero-order chi connectivity index (χ0) is 16.0. The number of aliphatic hydroxyl groups is 1. The highest BCUT2D eigenvalue weighted by Crippen LogP contribution is 2.42. The Labute approximate surface area is 128 Å². The summed E-state index contributed by atoms with van der Waals surface area (Å²) >= 11 is 0. The van der Waals surface area contributed by atoms with Crippen LogP contribution in [0.25, 0.3) is 0 Å². The summed E-state index contributed by atoms with van der Waals surface area (Å²) in [6, 6.07) is 0. The molecule has 1 aliphatic rings. The van der Waals surface area contributed by atoms with Crippen LogP contribution in [0.3, 0.4) is 0 Å². The zero-order valence-electron chi connectivity index (χ0n) is 13.9. The van der Waals surface area contributed by atoms with E-state index < -0.39 is 6.10 Å². The summed E-state index contributed by atoms with van der Waals surface area (Å²) in [6.45, 7) is 6.23. The van der Waals surface area contributed by atoms with Crippen molar-refractivity contribution in [3.05, 3.63) is 0 Å². The Morgan fingerprint density at radius 1 is 1.43 bits per heavy atom. The van der Waals surface area contributed by atoms with E-state index in [1.54, 1.807) is 7.11 Å². The Morgan fingerprint density at radius 2 is 2.10 bits per heavy atom. The van der Waals surface area contributed by atoms with Crippen molar-refractivity contribution in [2.45, 2.75) is 70.9 Å². The molecule has 21 heavy (non-hydrogen) atoms. The van der Waals surface area contributed by atoms with Gasteiger partial charge in [-0.1, -0.05) is 20.3 Å². The van der Waals surface area contributed by atoms with Crippen molar-refractivity contribution < 1.29 is 24.1 Å². The molecule has 1 saturated heterocycles. The average molecular weight is 302 g/mol. The molecule has 0 unspecified atom stereocenters. The fourth-order valence-electron chi connectivity index (χ4n) is 3.31. The van der Waals surface area contributed by atoms with Gasteiger partial charge in [-0.15, -0.1) is 0 Å². The first-order valence-corrected chi connectivity index (χ1v) is 7.84. The molecule has 1 heterocycles. The van der Waals surface area contributed by atoms with Gasteiger partial charge in [0, 0.05) is 13.0 Å². The molecule has 124 valence electrons. The van der Waals surface area contributed by atoms with Gasteiger partial charge in [-0.2, -0.15) is 0 Å². The minimum Gasteiger partial charge on any atom is -0.469 e. The van der Waals surface area contributed by atoms with E-state index in [1.165, 1.54) is 7.11 Å². The molecular weight excluding hydrogens is 272 g/mol. The molecular formula is C16H30O5. The second-order valence-electron chi connectivity index (χ2n) is 6.26. The SMILES string of the molecule is CC[C@@H]1C[C@@](C)(C[C@@H](CC)[C@H](O)CC(=O)OC)O[C@@H]1OC. The fraction of sp³-hybridized carbons (Fsp3) is 0.938. The molecule has 0 spiro atoms. The predicted octanol–water partition coefficient (Wildman–Crippen LogP) is 2.50. The van der Waals surface area contributed by atoms with Crippen molar-refractivity contribution in [3.63, 3.8) is 0 Å². The minimum absolute atomic E-state index is 0.0159. The van der Waals surface area contributed by atoms with Gasteiger partial charge in [-0.25, -0.2) is 0 Å². The lowest BCUT2D eigenvalue weighted by atomic mass is 9.82. The second kappa shape index (κ2) is 8.11. The van der Waals surface area contributed by atoms with E-state index in [-0.39, 0.29) is 30.2 Å². The molecule has 1 N–H and O–H groups in total. The van der Waals surface area contributed by atoms with E-state index in [1.807, 2.05) is 6.92 Å². The Hall–Kier alpha value is -0.650.